The van der Waals surface area contributed by atoms with Crippen LogP contribution < -0.4 is 16.2 Å². The molecule has 2 heterocycles. The van der Waals surface area contributed by atoms with E-state index in [1.807, 2.05) is 6.07 Å². The number of amides is 1. The van der Waals surface area contributed by atoms with E-state index in [0.717, 1.165) is 24.7 Å². The number of pyridine rings is 1. The molecule has 2 saturated carbocycles. The predicted molar refractivity (Wildman–Crippen MR) is 118 cm³/mol. The normalized spacial score (nSPS) is 19.5. The average molecular weight is 477 g/mol. The molecule has 0 radical (unpaired) electrons. The van der Waals surface area contributed by atoms with E-state index < -0.39 is 39.6 Å². The number of halogens is 2. The van der Waals surface area contributed by atoms with Crippen LogP contribution in [-0.4, -0.2) is 41.3 Å². The number of benzene rings is 1. The number of H-pyrrole nitrogens is 1. The van der Waals surface area contributed by atoms with Gasteiger partial charge in [-0.05, 0) is 36.5 Å². The van der Waals surface area contributed by atoms with E-state index in [4.69, 9.17) is 0 Å². The predicted octanol–water partition coefficient (Wildman–Crippen LogP) is 2.88. The molecule has 2 aliphatic carbocycles. The van der Waals surface area contributed by atoms with E-state index in [-0.39, 0.29) is 33.1 Å². The van der Waals surface area contributed by atoms with Crippen LogP contribution in [0.15, 0.2) is 34.0 Å². The Balaban J connectivity index is 1.57. The highest BCUT2D eigenvalue weighted by Crippen LogP contribution is 2.49. The SMILES string of the molecule is Cn1[nH]c2nc(NC(=O)C3CC3(F)F)cc(Nc3ccc(C4CC4)cc3S(C)(=O)=O)c2c1=O. The first-order valence-corrected chi connectivity index (χ1v) is 12.2. The first-order chi connectivity index (χ1) is 15.4. The van der Waals surface area contributed by atoms with E-state index >= 15 is 0 Å². The van der Waals surface area contributed by atoms with E-state index in [0.29, 0.717) is 5.92 Å². The number of nitrogens with one attached hydrogen (secondary N) is 3. The summed E-state index contributed by atoms with van der Waals surface area (Å²) in [5.74, 6) is -5.04. The molecule has 5 rings (SSSR count). The monoisotopic (exact) mass is 477 g/mol. The van der Waals surface area contributed by atoms with Gasteiger partial charge in [-0.2, -0.15) is 0 Å². The highest BCUT2D eigenvalue weighted by molar-refractivity contribution is 7.90. The molecule has 2 aliphatic rings. The minimum atomic E-state index is -3.61. The Morgan fingerprint density at radius 3 is 2.55 bits per heavy atom. The van der Waals surface area contributed by atoms with E-state index in [1.165, 1.54) is 17.8 Å². The molecule has 1 aromatic carbocycles. The lowest BCUT2D eigenvalue weighted by Gasteiger charge is -2.14. The van der Waals surface area contributed by atoms with Gasteiger partial charge in [0, 0.05) is 25.8 Å². The maximum Gasteiger partial charge on any atom is 0.277 e. The number of carbonyl (C=O) groups excluding carboxylic acids is 1. The van der Waals surface area contributed by atoms with Crippen LogP contribution in [0.4, 0.5) is 26.0 Å². The molecule has 3 aromatic rings. The summed E-state index contributed by atoms with van der Waals surface area (Å²) in [6, 6.07) is 6.42. The molecule has 0 aliphatic heterocycles. The lowest BCUT2D eigenvalue weighted by atomic mass is 10.1. The van der Waals surface area contributed by atoms with E-state index in [2.05, 4.69) is 20.7 Å². The zero-order valence-corrected chi connectivity index (χ0v) is 18.6. The smallest absolute Gasteiger partial charge is 0.277 e. The van der Waals surface area contributed by atoms with Crippen molar-refractivity contribution in [3.8, 4) is 0 Å². The summed E-state index contributed by atoms with van der Waals surface area (Å²) >= 11 is 0. The van der Waals surface area contributed by atoms with Gasteiger partial charge in [0.25, 0.3) is 11.5 Å². The number of aromatic nitrogens is 3. The van der Waals surface area contributed by atoms with Crippen molar-refractivity contribution in [2.24, 2.45) is 13.0 Å². The maximum absolute atomic E-state index is 13.3. The number of aryl methyl sites for hydroxylation is 1. The Hall–Kier alpha value is -3.28. The van der Waals surface area contributed by atoms with Gasteiger partial charge >= 0.3 is 0 Å². The van der Waals surface area contributed by atoms with Crippen molar-refractivity contribution >= 4 is 44.0 Å². The van der Waals surface area contributed by atoms with Crippen LogP contribution in [-0.2, 0) is 21.7 Å². The molecule has 3 N–H and O–H groups in total. The highest BCUT2D eigenvalue weighted by atomic mass is 32.2. The number of fused-ring (bicyclic) bond motifs is 1. The zero-order valence-electron chi connectivity index (χ0n) is 17.8. The van der Waals surface area contributed by atoms with Crippen molar-refractivity contribution in [3.05, 3.63) is 40.2 Å². The van der Waals surface area contributed by atoms with Gasteiger partial charge in [-0.3, -0.25) is 19.4 Å². The zero-order chi connectivity index (χ0) is 23.7. The van der Waals surface area contributed by atoms with Gasteiger partial charge in [-0.1, -0.05) is 6.07 Å². The number of carbonyl (C=O) groups is 1. The van der Waals surface area contributed by atoms with Crippen LogP contribution in [0.5, 0.6) is 0 Å². The second-order valence-corrected chi connectivity index (χ2v) is 10.7. The van der Waals surface area contributed by atoms with Crippen molar-refractivity contribution in [2.75, 3.05) is 16.9 Å². The quantitative estimate of drug-likeness (QED) is 0.501. The summed E-state index contributed by atoms with van der Waals surface area (Å²) in [6.45, 7) is 0. The fourth-order valence-corrected chi connectivity index (χ4v) is 4.73. The number of aromatic amines is 1. The number of alkyl halides is 2. The minimum Gasteiger partial charge on any atom is -0.354 e. The van der Waals surface area contributed by atoms with Gasteiger partial charge in [0.2, 0.25) is 5.91 Å². The van der Waals surface area contributed by atoms with E-state index in [9.17, 15) is 26.8 Å². The summed E-state index contributed by atoms with van der Waals surface area (Å²) in [5.41, 5.74) is 1.05. The van der Waals surface area contributed by atoms with Crippen molar-refractivity contribution in [3.63, 3.8) is 0 Å². The summed E-state index contributed by atoms with van der Waals surface area (Å²) in [5, 5.41) is 8.23. The van der Waals surface area contributed by atoms with Gasteiger partial charge in [0.1, 0.15) is 17.1 Å². The lowest BCUT2D eigenvalue weighted by Crippen LogP contribution is -2.18. The summed E-state index contributed by atoms with van der Waals surface area (Å²) < 4.78 is 52.7. The third-order valence-electron chi connectivity index (χ3n) is 5.93. The molecule has 0 bridgehead atoms. The topological polar surface area (TPSA) is 126 Å². The number of sulfone groups is 1. The average Bonchev–Trinajstić information content (AvgIpc) is 3.62. The summed E-state index contributed by atoms with van der Waals surface area (Å²) in [4.78, 5) is 29.0. The summed E-state index contributed by atoms with van der Waals surface area (Å²) in [7, 11) is -2.13. The minimum absolute atomic E-state index is 0.0462. The number of rotatable bonds is 6. The Morgan fingerprint density at radius 1 is 1.24 bits per heavy atom. The first kappa shape index (κ1) is 21.6. The number of hydrogen-bond acceptors (Lipinski definition) is 6. The van der Waals surface area contributed by atoms with E-state index in [1.54, 1.807) is 12.1 Å². The molecule has 0 saturated heterocycles. The molecule has 1 amide bonds. The molecule has 12 heteroatoms. The van der Waals surface area contributed by atoms with Crippen LogP contribution in [0, 0.1) is 5.92 Å². The molecule has 1 atom stereocenters. The Bertz CT molecular complexity index is 1470. The van der Waals surface area contributed by atoms with Crippen molar-refractivity contribution in [2.45, 2.75) is 36.0 Å². The summed E-state index contributed by atoms with van der Waals surface area (Å²) in [6.07, 6.45) is 2.58. The molecular weight excluding hydrogens is 456 g/mol. The molecule has 33 heavy (non-hydrogen) atoms. The molecule has 0 spiro atoms. The van der Waals surface area contributed by atoms with Crippen molar-refractivity contribution < 1.29 is 22.0 Å². The largest absolute Gasteiger partial charge is 0.354 e. The Labute approximate surface area is 187 Å². The molecule has 2 aromatic heterocycles. The standard InChI is InChI=1S/C21H21F2N5O4S/c1-28-20(30)17-14(8-16(25-18(17)27-28)26-19(29)12-9-21(12,22)23)24-13-6-5-11(10-3-4-10)7-15(13)33(2,31)32/h5-8,10,12H,3-4,9H2,1-2H3,(H3,24,25,26,27,29). The van der Waals surface area contributed by atoms with Crippen molar-refractivity contribution in [1.82, 2.24) is 14.8 Å². The molecule has 9 nitrogen and oxygen atoms in total. The maximum atomic E-state index is 13.3. The van der Waals surface area contributed by atoms with Crippen LogP contribution >= 0.6 is 0 Å². The van der Waals surface area contributed by atoms with Crippen LogP contribution in [0.3, 0.4) is 0 Å². The lowest BCUT2D eigenvalue weighted by molar-refractivity contribution is -0.119. The van der Waals surface area contributed by atoms with Crippen LogP contribution in [0.25, 0.3) is 11.0 Å². The van der Waals surface area contributed by atoms with Crippen molar-refractivity contribution in [1.29, 1.82) is 0 Å². The molecule has 2 fully saturated rings. The van der Waals surface area contributed by atoms with Gasteiger partial charge in [0.05, 0.1) is 16.3 Å². The Morgan fingerprint density at radius 2 is 1.94 bits per heavy atom. The third kappa shape index (κ3) is 3.99. The second kappa shape index (κ2) is 7.11. The number of hydrogen-bond donors (Lipinski definition) is 3. The first-order valence-electron chi connectivity index (χ1n) is 10.3. The number of nitrogens with zero attached hydrogens (tertiary/aromatic N) is 2. The second-order valence-electron chi connectivity index (χ2n) is 8.69. The third-order valence-corrected chi connectivity index (χ3v) is 7.07. The highest BCUT2D eigenvalue weighted by Gasteiger charge is 2.61. The Kier molecular flexibility index (Phi) is 4.64. The fourth-order valence-electron chi connectivity index (χ4n) is 3.86. The molecular formula is C21H21F2N5O4S. The molecule has 174 valence electrons. The van der Waals surface area contributed by atoms with Crippen LogP contribution in [0.1, 0.15) is 30.7 Å². The van der Waals surface area contributed by atoms with Gasteiger partial charge in [-0.25, -0.2) is 22.2 Å². The number of anilines is 3. The van der Waals surface area contributed by atoms with Gasteiger partial charge < -0.3 is 10.6 Å². The molecule has 1 unspecified atom stereocenters. The van der Waals surface area contributed by atoms with Gasteiger partial charge in [0.15, 0.2) is 15.5 Å². The fraction of sp³-hybridized carbons (Fsp3) is 0.381. The van der Waals surface area contributed by atoms with Gasteiger partial charge in [-0.15, -0.1) is 0 Å². The van der Waals surface area contributed by atoms with Crippen LogP contribution in [0.2, 0.25) is 0 Å².